The molecular weight excluding hydrogens is 428 g/mol. The Morgan fingerprint density at radius 2 is 1.81 bits per heavy atom. The van der Waals surface area contributed by atoms with E-state index in [2.05, 4.69) is 15.2 Å². The summed E-state index contributed by atoms with van der Waals surface area (Å²) in [7, 11) is -1.62. The molecule has 8 nitrogen and oxygen atoms in total. The number of rotatable bonds is 7. The minimum absolute atomic E-state index is 0.171. The van der Waals surface area contributed by atoms with Gasteiger partial charge < -0.3 is 14.6 Å². The fourth-order valence-electron chi connectivity index (χ4n) is 3.52. The summed E-state index contributed by atoms with van der Waals surface area (Å²) in [6.07, 6.45) is 2.16. The summed E-state index contributed by atoms with van der Waals surface area (Å²) in [5, 5.41) is 2.77. The number of piperazine rings is 1. The van der Waals surface area contributed by atoms with Crippen molar-refractivity contribution in [2.45, 2.75) is 17.7 Å². The molecule has 1 aliphatic rings. The lowest BCUT2D eigenvalue weighted by Gasteiger charge is -2.31. The Labute approximate surface area is 187 Å². The zero-order valence-electron chi connectivity index (χ0n) is 17.9. The number of nitrogens with zero attached hydrogens (tertiary/aromatic N) is 3. The molecule has 0 atom stereocenters. The van der Waals surface area contributed by atoms with Crippen LogP contribution in [0.2, 0.25) is 0 Å². The van der Waals surface area contributed by atoms with Crippen LogP contribution in [0.4, 0.5) is 5.69 Å². The van der Waals surface area contributed by atoms with Crippen LogP contribution in [0.5, 0.6) is 0 Å². The zero-order chi connectivity index (χ0) is 22.6. The zero-order valence-corrected chi connectivity index (χ0v) is 18.7. The molecule has 32 heavy (non-hydrogen) atoms. The van der Waals surface area contributed by atoms with E-state index in [1.165, 1.54) is 10.4 Å². The third-order valence-electron chi connectivity index (χ3n) is 5.40. The Bertz CT molecular complexity index is 1170. The van der Waals surface area contributed by atoms with Crippen LogP contribution in [0.3, 0.4) is 0 Å². The van der Waals surface area contributed by atoms with Crippen molar-refractivity contribution in [3.8, 4) is 11.3 Å². The normalized spacial score (nSPS) is 15.5. The molecule has 3 aromatic rings. The van der Waals surface area contributed by atoms with Crippen molar-refractivity contribution in [2.75, 3.05) is 38.5 Å². The van der Waals surface area contributed by atoms with E-state index in [-0.39, 0.29) is 17.2 Å². The van der Waals surface area contributed by atoms with Crippen LogP contribution in [0, 0.1) is 0 Å². The summed E-state index contributed by atoms with van der Waals surface area (Å²) in [6, 6.07) is 16.0. The van der Waals surface area contributed by atoms with Crippen molar-refractivity contribution >= 4 is 21.6 Å². The van der Waals surface area contributed by atoms with E-state index in [1.54, 1.807) is 24.4 Å². The van der Waals surface area contributed by atoms with E-state index in [0.29, 0.717) is 49.9 Å². The first-order chi connectivity index (χ1) is 15.4. The SMILES string of the molecule is CN1CCN(S(=O)(=O)c2cccc(NC(=O)CCc3ncc(-c4ccccc4)o3)c2)CC1. The third kappa shape index (κ3) is 5.24. The molecule has 0 bridgehead atoms. The minimum atomic E-state index is -3.59. The number of benzene rings is 2. The van der Waals surface area contributed by atoms with Crippen molar-refractivity contribution < 1.29 is 17.6 Å². The highest BCUT2D eigenvalue weighted by Crippen LogP contribution is 2.22. The molecule has 1 amide bonds. The van der Waals surface area contributed by atoms with Crippen molar-refractivity contribution in [2.24, 2.45) is 0 Å². The molecule has 1 saturated heterocycles. The van der Waals surface area contributed by atoms with Gasteiger partial charge in [-0.3, -0.25) is 4.79 Å². The number of likely N-dealkylation sites (N-methyl/N-ethyl adjacent to an activating group) is 1. The highest BCUT2D eigenvalue weighted by atomic mass is 32.2. The lowest BCUT2D eigenvalue weighted by molar-refractivity contribution is -0.116. The van der Waals surface area contributed by atoms with Crippen LogP contribution >= 0.6 is 0 Å². The summed E-state index contributed by atoms with van der Waals surface area (Å²) in [6.45, 7) is 2.30. The maximum Gasteiger partial charge on any atom is 0.243 e. The quantitative estimate of drug-likeness (QED) is 0.590. The van der Waals surface area contributed by atoms with E-state index in [1.807, 2.05) is 37.4 Å². The molecule has 0 spiro atoms. The molecule has 2 aromatic carbocycles. The molecule has 0 saturated carbocycles. The van der Waals surface area contributed by atoms with Gasteiger partial charge in [0.2, 0.25) is 15.9 Å². The van der Waals surface area contributed by atoms with Gasteiger partial charge in [0.15, 0.2) is 11.7 Å². The number of aromatic nitrogens is 1. The van der Waals surface area contributed by atoms with Crippen LogP contribution in [0.25, 0.3) is 11.3 Å². The van der Waals surface area contributed by atoms with Crippen LogP contribution in [0.15, 0.2) is 70.1 Å². The topological polar surface area (TPSA) is 95.8 Å². The van der Waals surface area contributed by atoms with Gasteiger partial charge in [0.05, 0.1) is 11.1 Å². The van der Waals surface area contributed by atoms with Crippen molar-refractivity contribution in [3.63, 3.8) is 0 Å². The summed E-state index contributed by atoms with van der Waals surface area (Å²) < 4.78 is 33.1. The summed E-state index contributed by atoms with van der Waals surface area (Å²) in [5.41, 5.74) is 1.37. The van der Waals surface area contributed by atoms with Gasteiger partial charge in [-0.1, -0.05) is 36.4 Å². The van der Waals surface area contributed by atoms with Gasteiger partial charge in [-0.25, -0.2) is 13.4 Å². The first-order valence-corrected chi connectivity index (χ1v) is 11.9. The lowest BCUT2D eigenvalue weighted by atomic mass is 10.2. The van der Waals surface area contributed by atoms with Crippen LogP contribution in [-0.2, 0) is 21.2 Å². The molecule has 1 N–H and O–H groups in total. The van der Waals surface area contributed by atoms with Crippen molar-refractivity contribution in [1.29, 1.82) is 0 Å². The predicted molar refractivity (Wildman–Crippen MR) is 122 cm³/mol. The van der Waals surface area contributed by atoms with E-state index < -0.39 is 10.0 Å². The average Bonchev–Trinajstić information content (AvgIpc) is 3.28. The minimum Gasteiger partial charge on any atom is -0.441 e. The molecule has 9 heteroatoms. The molecular formula is C23H26N4O4S. The number of nitrogens with one attached hydrogen (secondary N) is 1. The van der Waals surface area contributed by atoms with E-state index >= 15 is 0 Å². The summed E-state index contributed by atoms with van der Waals surface area (Å²) in [5.74, 6) is 0.895. The number of oxazole rings is 1. The first-order valence-electron chi connectivity index (χ1n) is 10.5. The number of hydrogen-bond acceptors (Lipinski definition) is 6. The predicted octanol–water partition coefficient (Wildman–Crippen LogP) is 2.85. The van der Waals surface area contributed by atoms with Gasteiger partial charge >= 0.3 is 0 Å². The Kier molecular flexibility index (Phi) is 6.69. The standard InChI is InChI=1S/C23H26N4O4S/c1-26-12-14-27(15-13-26)32(29,30)20-9-5-8-19(16-20)25-22(28)10-11-23-24-17-21(31-23)18-6-3-2-4-7-18/h2-9,16-17H,10-15H2,1H3,(H,25,28). The fraction of sp³-hybridized carbons (Fsp3) is 0.304. The Morgan fingerprint density at radius 1 is 1.06 bits per heavy atom. The Balaban J connectivity index is 1.35. The first kappa shape index (κ1) is 22.2. The van der Waals surface area contributed by atoms with Gasteiger partial charge in [0.1, 0.15) is 0 Å². The fourth-order valence-corrected chi connectivity index (χ4v) is 4.99. The van der Waals surface area contributed by atoms with Crippen molar-refractivity contribution in [1.82, 2.24) is 14.2 Å². The number of amides is 1. The molecule has 2 heterocycles. The molecule has 0 radical (unpaired) electrons. The number of hydrogen-bond donors (Lipinski definition) is 1. The van der Waals surface area contributed by atoms with Crippen LogP contribution < -0.4 is 5.32 Å². The molecule has 0 unspecified atom stereocenters. The van der Waals surface area contributed by atoms with E-state index in [0.717, 1.165) is 5.56 Å². The average molecular weight is 455 g/mol. The lowest BCUT2D eigenvalue weighted by Crippen LogP contribution is -2.47. The number of sulfonamides is 1. The van der Waals surface area contributed by atoms with Gasteiger partial charge in [-0.15, -0.1) is 0 Å². The second-order valence-corrected chi connectivity index (χ2v) is 9.71. The Morgan fingerprint density at radius 3 is 2.56 bits per heavy atom. The summed E-state index contributed by atoms with van der Waals surface area (Å²) >= 11 is 0. The van der Waals surface area contributed by atoms with E-state index in [9.17, 15) is 13.2 Å². The van der Waals surface area contributed by atoms with Gasteiger partial charge in [0.25, 0.3) is 0 Å². The highest BCUT2D eigenvalue weighted by Gasteiger charge is 2.27. The Hall–Kier alpha value is -3.01. The van der Waals surface area contributed by atoms with Crippen LogP contribution in [0.1, 0.15) is 12.3 Å². The number of carbonyl (C=O) groups excluding carboxylic acids is 1. The second-order valence-electron chi connectivity index (χ2n) is 7.77. The molecule has 168 valence electrons. The smallest absolute Gasteiger partial charge is 0.243 e. The van der Waals surface area contributed by atoms with Crippen LogP contribution in [-0.4, -0.2) is 61.7 Å². The molecule has 1 aliphatic heterocycles. The summed E-state index contributed by atoms with van der Waals surface area (Å²) in [4.78, 5) is 18.9. The monoisotopic (exact) mass is 454 g/mol. The number of aryl methyl sites for hydroxylation is 1. The van der Waals surface area contributed by atoms with Crippen molar-refractivity contribution in [3.05, 3.63) is 66.7 Å². The highest BCUT2D eigenvalue weighted by molar-refractivity contribution is 7.89. The van der Waals surface area contributed by atoms with Gasteiger partial charge in [0, 0.05) is 50.3 Å². The molecule has 0 aliphatic carbocycles. The third-order valence-corrected chi connectivity index (χ3v) is 7.29. The van der Waals surface area contributed by atoms with Gasteiger partial charge in [-0.2, -0.15) is 4.31 Å². The molecule has 4 rings (SSSR count). The van der Waals surface area contributed by atoms with Gasteiger partial charge in [-0.05, 0) is 25.2 Å². The second kappa shape index (κ2) is 9.64. The molecule has 1 fully saturated rings. The number of carbonyl (C=O) groups is 1. The number of anilines is 1. The largest absolute Gasteiger partial charge is 0.441 e. The molecule has 1 aromatic heterocycles. The maximum atomic E-state index is 12.9. The van der Waals surface area contributed by atoms with E-state index in [4.69, 9.17) is 4.42 Å². The maximum absolute atomic E-state index is 12.9.